The first kappa shape index (κ1) is 12.1. The van der Waals surface area contributed by atoms with Crippen molar-refractivity contribution in [3.8, 4) is 5.75 Å². The van der Waals surface area contributed by atoms with Crippen LogP contribution < -0.4 is 10.1 Å². The molecule has 2 nitrogen and oxygen atoms in total. The number of hydrogen-bond donors (Lipinski definition) is 1. The van der Waals surface area contributed by atoms with Gasteiger partial charge in [-0.2, -0.15) is 0 Å². The minimum absolute atomic E-state index is 0.486. The van der Waals surface area contributed by atoms with Gasteiger partial charge in [0.25, 0.3) is 0 Å². The minimum atomic E-state index is 0.486. The molecule has 0 fully saturated rings. The van der Waals surface area contributed by atoms with Crippen LogP contribution in [0.2, 0.25) is 0 Å². The highest BCUT2D eigenvalue weighted by Gasteiger charge is 2.28. The number of fused-ring (bicyclic) bond motifs is 1. The molecule has 0 unspecified atom stereocenters. The maximum Gasteiger partial charge on any atom is 0.118 e. The van der Waals surface area contributed by atoms with Gasteiger partial charge in [-0.25, -0.2) is 0 Å². The van der Waals surface area contributed by atoms with E-state index in [0.29, 0.717) is 12.0 Å². The SMILES string of the molecule is COc1ccc(C[C@@H]2c3ccccc3N[C@@H]2C)cc1. The normalized spacial score (nSPS) is 20.7. The van der Waals surface area contributed by atoms with Gasteiger partial charge in [-0.3, -0.25) is 0 Å². The van der Waals surface area contributed by atoms with Gasteiger partial charge in [-0.05, 0) is 42.7 Å². The number of hydrogen-bond acceptors (Lipinski definition) is 2. The van der Waals surface area contributed by atoms with E-state index >= 15 is 0 Å². The van der Waals surface area contributed by atoms with Crippen molar-refractivity contribution in [2.45, 2.75) is 25.3 Å². The molecule has 0 aromatic heterocycles. The Morgan fingerprint density at radius 1 is 1.05 bits per heavy atom. The Hall–Kier alpha value is -1.96. The molecule has 19 heavy (non-hydrogen) atoms. The molecule has 2 aromatic carbocycles. The lowest BCUT2D eigenvalue weighted by molar-refractivity contribution is 0.414. The molecule has 1 N–H and O–H groups in total. The van der Waals surface area contributed by atoms with E-state index in [0.717, 1.165) is 12.2 Å². The number of benzene rings is 2. The van der Waals surface area contributed by atoms with Crippen LogP contribution in [-0.4, -0.2) is 13.2 Å². The number of rotatable bonds is 3. The smallest absolute Gasteiger partial charge is 0.118 e. The molecule has 2 aromatic rings. The van der Waals surface area contributed by atoms with Crippen molar-refractivity contribution >= 4 is 5.69 Å². The molecule has 0 saturated heterocycles. The molecule has 1 heterocycles. The largest absolute Gasteiger partial charge is 0.497 e. The van der Waals surface area contributed by atoms with Gasteiger partial charge in [0, 0.05) is 17.6 Å². The van der Waals surface area contributed by atoms with Gasteiger partial charge < -0.3 is 10.1 Å². The molecule has 2 heteroatoms. The first-order valence-electron chi connectivity index (χ1n) is 6.76. The highest BCUT2D eigenvalue weighted by molar-refractivity contribution is 5.59. The first-order chi connectivity index (χ1) is 9.28. The lowest BCUT2D eigenvalue weighted by Gasteiger charge is -2.16. The molecule has 0 amide bonds. The number of para-hydroxylation sites is 1. The van der Waals surface area contributed by atoms with Gasteiger partial charge in [0.05, 0.1) is 7.11 Å². The third-order valence-electron chi connectivity index (χ3n) is 3.96. The van der Waals surface area contributed by atoms with Crippen molar-refractivity contribution in [1.29, 1.82) is 0 Å². The van der Waals surface area contributed by atoms with Crippen molar-refractivity contribution < 1.29 is 4.74 Å². The third kappa shape index (κ3) is 2.30. The molecule has 0 aliphatic carbocycles. The van der Waals surface area contributed by atoms with Crippen LogP contribution in [-0.2, 0) is 6.42 Å². The maximum absolute atomic E-state index is 5.20. The molecule has 98 valence electrons. The third-order valence-corrected chi connectivity index (χ3v) is 3.96. The van der Waals surface area contributed by atoms with E-state index in [-0.39, 0.29) is 0 Å². The molecular formula is C17H19NO. The molecule has 0 spiro atoms. The van der Waals surface area contributed by atoms with E-state index in [9.17, 15) is 0 Å². The van der Waals surface area contributed by atoms with E-state index in [4.69, 9.17) is 4.74 Å². The first-order valence-corrected chi connectivity index (χ1v) is 6.76. The van der Waals surface area contributed by atoms with Crippen molar-refractivity contribution in [3.05, 3.63) is 59.7 Å². The molecule has 3 rings (SSSR count). The van der Waals surface area contributed by atoms with Crippen LogP contribution in [0.1, 0.15) is 24.0 Å². The summed E-state index contributed by atoms with van der Waals surface area (Å²) >= 11 is 0. The van der Waals surface area contributed by atoms with E-state index in [1.807, 2.05) is 12.1 Å². The number of nitrogens with one attached hydrogen (secondary N) is 1. The Morgan fingerprint density at radius 2 is 1.79 bits per heavy atom. The predicted octanol–water partition coefficient (Wildman–Crippen LogP) is 3.84. The second-order valence-corrected chi connectivity index (χ2v) is 5.18. The summed E-state index contributed by atoms with van der Waals surface area (Å²) in [5.41, 5.74) is 4.08. The summed E-state index contributed by atoms with van der Waals surface area (Å²) in [4.78, 5) is 0. The van der Waals surface area contributed by atoms with E-state index in [1.54, 1.807) is 7.11 Å². The van der Waals surface area contributed by atoms with Crippen LogP contribution in [0.3, 0.4) is 0 Å². The van der Waals surface area contributed by atoms with Crippen molar-refractivity contribution in [1.82, 2.24) is 0 Å². The molecule has 0 bridgehead atoms. The fourth-order valence-electron chi connectivity index (χ4n) is 2.87. The quantitative estimate of drug-likeness (QED) is 0.897. The Labute approximate surface area is 114 Å². The zero-order chi connectivity index (χ0) is 13.2. The second kappa shape index (κ2) is 4.96. The number of methoxy groups -OCH3 is 1. The average Bonchev–Trinajstić information content (AvgIpc) is 2.76. The Bertz CT molecular complexity index is 562. The topological polar surface area (TPSA) is 21.3 Å². The summed E-state index contributed by atoms with van der Waals surface area (Å²) in [6, 6.07) is 17.5. The lowest BCUT2D eigenvalue weighted by atomic mass is 9.89. The number of ether oxygens (including phenoxy) is 1. The summed E-state index contributed by atoms with van der Waals surface area (Å²) in [6.07, 6.45) is 1.06. The van der Waals surface area contributed by atoms with Gasteiger partial charge in [0.15, 0.2) is 0 Å². The highest BCUT2D eigenvalue weighted by atomic mass is 16.5. The van der Waals surface area contributed by atoms with Crippen LogP contribution in [0.25, 0.3) is 0 Å². The highest BCUT2D eigenvalue weighted by Crippen LogP contribution is 2.37. The summed E-state index contributed by atoms with van der Waals surface area (Å²) in [7, 11) is 1.70. The molecule has 1 aliphatic heterocycles. The van der Waals surface area contributed by atoms with Crippen LogP contribution >= 0.6 is 0 Å². The van der Waals surface area contributed by atoms with Gasteiger partial charge in [0.1, 0.15) is 5.75 Å². The van der Waals surface area contributed by atoms with E-state index in [2.05, 4.69) is 48.6 Å². The standard InChI is InChI=1S/C17H19NO/c1-12-16(15-5-3-4-6-17(15)18-12)11-13-7-9-14(19-2)10-8-13/h3-10,12,16,18H,11H2,1-2H3/t12-,16+/m1/s1. The van der Waals surface area contributed by atoms with Crippen LogP contribution in [0, 0.1) is 0 Å². The molecule has 0 radical (unpaired) electrons. The monoisotopic (exact) mass is 253 g/mol. The summed E-state index contributed by atoms with van der Waals surface area (Å²) in [5.74, 6) is 1.46. The summed E-state index contributed by atoms with van der Waals surface area (Å²) in [5, 5.41) is 3.57. The minimum Gasteiger partial charge on any atom is -0.497 e. The zero-order valence-corrected chi connectivity index (χ0v) is 11.4. The van der Waals surface area contributed by atoms with Gasteiger partial charge in [0.2, 0.25) is 0 Å². The van der Waals surface area contributed by atoms with Crippen LogP contribution in [0.15, 0.2) is 48.5 Å². The van der Waals surface area contributed by atoms with Crippen molar-refractivity contribution in [3.63, 3.8) is 0 Å². The number of anilines is 1. The maximum atomic E-state index is 5.20. The fraction of sp³-hybridized carbons (Fsp3) is 0.294. The van der Waals surface area contributed by atoms with Gasteiger partial charge in [-0.15, -0.1) is 0 Å². The van der Waals surface area contributed by atoms with Gasteiger partial charge in [-0.1, -0.05) is 30.3 Å². The molecular weight excluding hydrogens is 234 g/mol. The van der Waals surface area contributed by atoms with Crippen molar-refractivity contribution in [2.24, 2.45) is 0 Å². The average molecular weight is 253 g/mol. The molecule has 0 saturated carbocycles. The molecule has 1 aliphatic rings. The van der Waals surface area contributed by atoms with Crippen LogP contribution in [0.5, 0.6) is 5.75 Å². The Kier molecular flexibility index (Phi) is 3.16. The van der Waals surface area contributed by atoms with E-state index < -0.39 is 0 Å². The fourth-order valence-corrected chi connectivity index (χ4v) is 2.87. The Morgan fingerprint density at radius 3 is 2.53 bits per heavy atom. The summed E-state index contributed by atoms with van der Waals surface area (Å²) in [6.45, 7) is 2.26. The van der Waals surface area contributed by atoms with E-state index in [1.165, 1.54) is 16.8 Å². The molecule has 2 atom stereocenters. The van der Waals surface area contributed by atoms with Crippen molar-refractivity contribution in [2.75, 3.05) is 12.4 Å². The second-order valence-electron chi connectivity index (χ2n) is 5.18. The zero-order valence-electron chi connectivity index (χ0n) is 11.4. The summed E-state index contributed by atoms with van der Waals surface area (Å²) < 4.78 is 5.20. The van der Waals surface area contributed by atoms with Crippen LogP contribution in [0.4, 0.5) is 5.69 Å². The Balaban J connectivity index is 1.82. The van der Waals surface area contributed by atoms with Gasteiger partial charge >= 0.3 is 0 Å². The predicted molar refractivity (Wildman–Crippen MR) is 79.0 cm³/mol. The lowest BCUT2D eigenvalue weighted by Crippen LogP contribution is -2.17.